The maximum atomic E-state index is 12.8. The molecule has 1 aromatic heterocycles. The molecular formula is C52H90NO10P. The van der Waals surface area contributed by atoms with E-state index in [1.165, 1.54) is 99.7 Å². The zero-order valence-corrected chi connectivity index (χ0v) is 42.3. The molecule has 0 aliphatic carbocycles. The van der Waals surface area contributed by atoms with Crippen LogP contribution in [0.4, 0.5) is 0 Å². The summed E-state index contributed by atoms with van der Waals surface area (Å²) < 4.78 is 46.0. The lowest BCUT2D eigenvalue weighted by molar-refractivity contribution is -0.870. The van der Waals surface area contributed by atoms with Crippen molar-refractivity contribution >= 4 is 19.8 Å². The highest BCUT2D eigenvalue weighted by atomic mass is 31.2. The van der Waals surface area contributed by atoms with E-state index >= 15 is 0 Å². The van der Waals surface area contributed by atoms with Crippen molar-refractivity contribution in [3.63, 3.8) is 0 Å². The molecule has 0 amide bonds. The maximum Gasteiger partial charge on any atom is 0.306 e. The highest BCUT2D eigenvalue weighted by Gasteiger charge is 2.36. The van der Waals surface area contributed by atoms with Crippen molar-refractivity contribution in [1.82, 2.24) is 0 Å². The lowest BCUT2D eigenvalue weighted by atomic mass is 10.0. The second-order valence-electron chi connectivity index (χ2n) is 18.8. The molecule has 1 aliphatic heterocycles. The molecule has 1 saturated heterocycles. The fourth-order valence-electron chi connectivity index (χ4n) is 7.40. The fourth-order valence-corrected chi connectivity index (χ4v) is 8.13. The molecule has 4 atom stereocenters. The Morgan fingerprint density at radius 3 is 1.80 bits per heavy atom. The molecule has 0 aromatic carbocycles. The summed E-state index contributed by atoms with van der Waals surface area (Å²) in [7, 11) is 1.11. The third-order valence-electron chi connectivity index (χ3n) is 11.8. The van der Waals surface area contributed by atoms with Crippen molar-refractivity contribution in [3.8, 4) is 0 Å². The zero-order chi connectivity index (χ0) is 46.9. The molecule has 11 nitrogen and oxygen atoms in total. The summed E-state index contributed by atoms with van der Waals surface area (Å²) in [6.45, 7) is 8.47. The van der Waals surface area contributed by atoms with Gasteiger partial charge in [-0.15, -0.1) is 0 Å². The van der Waals surface area contributed by atoms with Crippen LogP contribution in [0.2, 0.25) is 0 Å². The Hall–Kier alpha value is -2.53. The van der Waals surface area contributed by atoms with E-state index in [0.717, 1.165) is 64.2 Å². The molecule has 0 spiro atoms. The van der Waals surface area contributed by atoms with Gasteiger partial charge < -0.3 is 37.1 Å². The van der Waals surface area contributed by atoms with Gasteiger partial charge in [-0.3, -0.25) is 14.2 Å². The van der Waals surface area contributed by atoms with E-state index in [1.54, 1.807) is 0 Å². The summed E-state index contributed by atoms with van der Waals surface area (Å²) in [5, 5.41) is 0. The molecule has 3 unspecified atom stereocenters. The van der Waals surface area contributed by atoms with Crippen LogP contribution in [0.3, 0.4) is 0 Å². The smallest absolute Gasteiger partial charge is 0.306 e. The number of likely N-dealkylation sites (N-methyl/N-ethyl adjacent to an activating group) is 1. The Bertz CT molecular complexity index is 1530. The van der Waals surface area contributed by atoms with Gasteiger partial charge in [0.25, 0.3) is 7.82 Å². The van der Waals surface area contributed by atoms with E-state index in [1.807, 2.05) is 21.1 Å². The Morgan fingerprint density at radius 1 is 0.656 bits per heavy atom. The Kier molecular flexibility index (Phi) is 31.3. The van der Waals surface area contributed by atoms with Crippen molar-refractivity contribution in [2.45, 2.75) is 213 Å². The van der Waals surface area contributed by atoms with E-state index in [9.17, 15) is 19.0 Å². The van der Waals surface area contributed by atoms with E-state index in [2.05, 4.69) is 64.2 Å². The fraction of sp³-hybridized carbons (Fsp3) is 0.769. The number of quaternary nitrogens is 1. The minimum Gasteiger partial charge on any atom is -0.756 e. The lowest BCUT2D eigenvalue weighted by Gasteiger charge is -2.28. The topological polar surface area (TPSA) is 137 Å². The number of hydrogen-bond donors (Lipinski definition) is 0. The first-order valence-electron chi connectivity index (χ1n) is 25.2. The predicted molar refractivity (Wildman–Crippen MR) is 257 cm³/mol. The van der Waals surface area contributed by atoms with Gasteiger partial charge in [0.1, 0.15) is 31.3 Å². The second-order valence-corrected chi connectivity index (χ2v) is 20.2. The normalized spacial score (nSPS) is 16.9. The average Bonchev–Trinajstić information content (AvgIpc) is 3.94. The van der Waals surface area contributed by atoms with Gasteiger partial charge in [-0.05, 0) is 89.2 Å². The van der Waals surface area contributed by atoms with Gasteiger partial charge in [-0.25, -0.2) is 0 Å². The molecule has 64 heavy (non-hydrogen) atoms. The molecule has 1 aliphatic rings. The Labute approximate surface area is 389 Å². The number of nitrogens with zero attached hydrogens (tertiary/aromatic N) is 1. The summed E-state index contributed by atoms with van der Waals surface area (Å²) in [6.07, 6.45) is 38.8. The molecule has 2 rings (SSSR count). The number of allylic oxidation sites excluding steroid dienone is 4. The molecular weight excluding hydrogens is 830 g/mol. The lowest BCUT2D eigenvalue weighted by Crippen LogP contribution is -2.37. The molecule has 12 heteroatoms. The number of phosphoric acid groups is 1. The van der Waals surface area contributed by atoms with Crippen LogP contribution in [-0.2, 0) is 50.3 Å². The standard InChI is InChI=1S/C52H90NO10P/c1-8-10-12-13-23-30-36-49-50(63-49)37-31-25-20-18-22-26-32-38-51(54)58-42-46(43-60-64(56,57)59-41-40-53(5,6)7)61-52(55)39-33-27-21-17-15-14-16-19-24-29-35-48-45(4)44(3)47(62-48)34-28-11-9-2/h18,22-23,25,30-31,46,49-50H,8-17,19-21,24,26-29,32-43H2,1-7H3/b22-18-,30-23-,31-25-/t46-,49?,50?/m1/s1. The Morgan fingerprint density at radius 2 is 1.17 bits per heavy atom. The number of esters is 2. The minimum atomic E-state index is -4.66. The first-order valence-corrected chi connectivity index (χ1v) is 26.6. The summed E-state index contributed by atoms with van der Waals surface area (Å²) in [4.78, 5) is 37.8. The number of unbranched alkanes of at least 4 members (excludes halogenated alkanes) is 15. The van der Waals surface area contributed by atoms with Crippen LogP contribution in [-0.4, -0.2) is 82.2 Å². The van der Waals surface area contributed by atoms with Crippen molar-refractivity contribution in [2.75, 3.05) is 47.5 Å². The molecule has 1 aromatic rings. The van der Waals surface area contributed by atoms with Crippen molar-refractivity contribution < 1.29 is 51.2 Å². The van der Waals surface area contributed by atoms with Gasteiger partial charge >= 0.3 is 11.9 Å². The number of phosphoric ester groups is 1. The average molecular weight is 920 g/mol. The van der Waals surface area contributed by atoms with Crippen LogP contribution < -0.4 is 4.89 Å². The SMILES string of the molecule is CCCCC/C=C\CC1OC1C/C=C\C/C=C\CCCC(=O)OC[C@H](COP(=O)([O-])OCC[N+](C)(C)C)OC(=O)CCCCCCCCCCCCc1oc(CCCCC)c(C)c1C. The predicted octanol–water partition coefficient (Wildman–Crippen LogP) is 12.5. The molecule has 0 bridgehead atoms. The largest absolute Gasteiger partial charge is 0.756 e. The number of carbonyl (C=O) groups excluding carboxylic acids is 2. The van der Waals surface area contributed by atoms with Crippen LogP contribution in [0.1, 0.15) is 191 Å². The van der Waals surface area contributed by atoms with Crippen LogP contribution in [0, 0.1) is 13.8 Å². The van der Waals surface area contributed by atoms with Crippen molar-refractivity contribution in [3.05, 3.63) is 59.1 Å². The van der Waals surface area contributed by atoms with E-state index in [-0.39, 0.29) is 26.1 Å². The number of rotatable bonds is 41. The monoisotopic (exact) mass is 920 g/mol. The van der Waals surface area contributed by atoms with Gasteiger partial charge in [0.05, 0.1) is 40.0 Å². The summed E-state index contributed by atoms with van der Waals surface area (Å²) >= 11 is 0. The van der Waals surface area contributed by atoms with Gasteiger partial charge in [0.15, 0.2) is 6.10 Å². The molecule has 0 saturated carbocycles. The van der Waals surface area contributed by atoms with Crippen molar-refractivity contribution in [2.24, 2.45) is 0 Å². The molecule has 1 fully saturated rings. The van der Waals surface area contributed by atoms with Gasteiger partial charge in [0, 0.05) is 25.7 Å². The highest BCUT2D eigenvalue weighted by molar-refractivity contribution is 7.45. The molecule has 0 N–H and O–H groups in total. The van der Waals surface area contributed by atoms with Crippen LogP contribution in [0.15, 0.2) is 40.9 Å². The number of hydrogen-bond acceptors (Lipinski definition) is 10. The van der Waals surface area contributed by atoms with Crippen LogP contribution >= 0.6 is 7.82 Å². The van der Waals surface area contributed by atoms with Crippen LogP contribution in [0.25, 0.3) is 0 Å². The summed E-state index contributed by atoms with van der Waals surface area (Å²) in [5.41, 5.74) is 2.68. The zero-order valence-electron chi connectivity index (χ0n) is 41.4. The maximum absolute atomic E-state index is 12.8. The third-order valence-corrected chi connectivity index (χ3v) is 12.7. The molecule has 368 valence electrons. The number of carbonyl (C=O) groups is 2. The number of epoxide rings is 1. The quantitative estimate of drug-likeness (QED) is 0.0156. The van der Waals surface area contributed by atoms with E-state index < -0.39 is 32.5 Å². The second kappa shape index (κ2) is 34.7. The minimum absolute atomic E-state index is 0.0480. The van der Waals surface area contributed by atoms with E-state index in [4.69, 9.17) is 27.7 Å². The van der Waals surface area contributed by atoms with Crippen LogP contribution in [0.5, 0.6) is 0 Å². The van der Waals surface area contributed by atoms with Gasteiger partial charge in [0.2, 0.25) is 0 Å². The van der Waals surface area contributed by atoms with Gasteiger partial charge in [-0.2, -0.15) is 0 Å². The first kappa shape index (κ1) is 57.6. The summed E-state index contributed by atoms with van der Waals surface area (Å²) in [6, 6.07) is 0. The summed E-state index contributed by atoms with van der Waals surface area (Å²) in [5.74, 6) is 1.45. The highest BCUT2D eigenvalue weighted by Crippen LogP contribution is 2.38. The molecule has 0 radical (unpaired) electrons. The number of ether oxygens (including phenoxy) is 3. The third kappa shape index (κ3) is 29.9. The molecule has 2 heterocycles. The number of aryl methyl sites for hydroxylation is 2. The number of furan rings is 1. The van der Waals surface area contributed by atoms with Gasteiger partial charge in [-0.1, -0.05) is 127 Å². The Balaban J connectivity index is 1.61. The first-order chi connectivity index (χ1) is 30.7. The van der Waals surface area contributed by atoms with Crippen molar-refractivity contribution in [1.29, 1.82) is 0 Å². The van der Waals surface area contributed by atoms with E-state index in [0.29, 0.717) is 36.1 Å².